The largest absolute Gasteiger partial charge is 0.417 e. The second-order valence-corrected chi connectivity index (χ2v) is 3.08. The SMILES string of the molecule is O=CC=Cc1cccc(C(F)(F)F)c1Cl. The van der Waals surface area contributed by atoms with Crippen LogP contribution in [-0.4, -0.2) is 6.29 Å². The number of rotatable bonds is 2. The normalized spacial score (nSPS) is 12.0. The summed E-state index contributed by atoms with van der Waals surface area (Å²) in [6.45, 7) is 0. The molecule has 0 saturated carbocycles. The van der Waals surface area contributed by atoms with Gasteiger partial charge < -0.3 is 0 Å². The Morgan fingerprint density at radius 2 is 1.93 bits per heavy atom. The Morgan fingerprint density at radius 1 is 1.27 bits per heavy atom. The molecule has 1 aromatic rings. The van der Waals surface area contributed by atoms with Crippen LogP contribution in [0.4, 0.5) is 13.2 Å². The highest BCUT2D eigenvalue weighted by atomic mass is 35.5. The Kier molecular flexibility index (Phi) is 3.52. The number of allylic oxidation sites excluding steroid dienone is 1. The van der Waals surface area contributed by atoms with Crippen molar-refractivity contribution >= 4 is 24.0 Å². The topological polar surface area (TPSA) is 17.1 Å². The fourth-order valence-electron chi connectivity index (χ4n) is 1.04. The Bertz CT molecular complexity index is 396. The number of halogens is 4. The van der Waals surface area contributed by atoms with E-state index in [4.69, 9.17) is 11.6 Å². The maximum absolute atomic E-state index is 12.4. The van der Waals surface area contributed by atoms with Crippen LogP contribution in [0.3, 0.4) is 0 Å². The van der Waals surface area contributed by atoms with Gasteiger partial charge >= 0.3 is 6.18 Å². The lowest BCUT2D eigenvalue weighted by Crippen LogP contribution is -2.06. The van der Waals surface area contributed by atoms with Crippen LogP contribution >= 0.6 is 11.6 Å². The lowest BCUT2D eigenvalue weighted by molar-refractivity contribution is -0.137. The van der Waals surface area contributed by atoms with Crippen molar-refractivity contribution in [1.82, 2.24) is 0 Å². The third kappa shape index (κ3) is 2.83. The van der Waals surface area contributed by atoms with Crippen LogP contribution in [0.25, 0.3) is 6.08 Å². The standard InChI is InChI=1S/C10H6ClF3O/c11-9-7(4-2-6-15)3-1-5-8(9)10(12,13)14/h1-6H. The van der Waals surface area contributed by atoms with Gasteiger partial charge in [-0.15, -0.1) is 0 Å². The molecule has 80 valence electrons. The number of hydrogen-bond acceptors (Lipinski definition) is 1. The molecule has 0 unspecified atom stereocenters. The van der Waals surface area contributed by atoms with Gasteiger partial charge in [0.25, 0.3) is 0 Å². The van der Waals surface area contributed by atoms with Crippen LogP contribution < -0.4 is 0 Å². The third-order valence-corrected chi connectivity index (χ3v) is 2.11. The summed E-state index contributed by atoms with van der Waals surface area (Å²) in [4.78, 5) is 10.0. The fraction of sp³-hybridized carbons (Fsp3) is 0.100. The molecule has 0 aromatic heterocycles. The van der Waals surface area contributed by atoms with Crippen LogP contribution in [0, 0.1) is 0 Å². The Morgan fingerprint density at radius 3 is 2.47 bits per heavy atom. The van der Waals surface area contributed by atoms with E-state index in [1.165, 1.54) is 18.2 Å². The quantitative estimate of drug-likeness (QED) is 0.565. The number of hydrogen-bond donors (Lipinski definition) is 0. The van der Waals surface area contributed by atoms with Gasteiger partial charge in [0.2, 0.25) is 0 Å². The zero-order chi connectivity index (χ0) is 11.5. The average Bonchev–Trinajstić information content (AvgIpc) is 2.14. The van der Waals surface area contributed by atoms with Crippen molar-refractivity contribution in [2.24, 2.45) is 0 Å². The number of carbonyl (C=O) groups excluding carboxylic acids is 1. The second-order valence-electron chi connectivity index (χ2n) is 2.70. The molecule has 0 radical (unpaired) electrons. The molecule has 15 heavy (non-hydrogen) atoms. The maximum atomic E-state index is 12.4. The van der Waals surface area contributed by atoms with Crippen molar-refractivity contribution in [2.45, 2.75) is 6.18 Å². The highest BCUT2D eigenvalue weighted by Crippen LogP contribution is 2.36. The molecule has 0 saturated heterocycles. The van der Waals surface area contributed by atoms with Gasteiger partial charge in [-0.2, -0.15) is 13.2 Å². The molecule has 0 spiro atoms. The van der Waals surface area contributed by atoms with E-state index < -0.39 is 16.8 Å². The second kappa shape index (κ2) is 4.49. The first-order valence-electron chi connectivity index (χ1n) is 3.94. The van der Waals surface area contributed by atoms with E-state index in [1.54, 1.807) is 0 Å². The summed E-state index contributed by atoms with van der Waals surface area (Å²) in [5.41, 5.74) is -0.740. The molecule has 1 aromatic carbocycles. The molecule has 0 N–H and O–H groups in total. The summed E-state index contributed by atoms with van der Waals surface area (Å²) in [5, 5.41) is -0.400. The molecule has 0 atom stereocenters. The number of aldehydes is 1. The molecule has 1 nitrogen and oxygen atoms in total. The van der Waals surface area contributed by atoms with Crippen LogP contribution in [0.5, 0.6) is 0 Å². The Balaban J connectivity index is 3.23. The zero-order valence-electron chi connectivity index (χ0n) is 7.38. The molecule has 5 heteroatoms. The minimum absolute atomic E-state index is 0.165. The highest BCUT2D eigenvalue weighted by molar-refractivity contribution is 6.33. The van der Waals surface area contributed by atoms with Crippen LogP contribution in [0.15, 0.2) is 24.3 Å². The van der Waals surface area contributed by atoms with Gasteiger partial charge in [-0.05, 0) is 17.7 Å². The van der Waals surface area contributed by atoms with E-state index in [0.717, 1.165) is 12.1 Å². The molecule has 0 fully saturated rings. The van der Waals surface area contributed by atoms with E-state index in [2.05, 4.69) is 0 Å². The lowest BCUT2D eigenvalue weighted by Gasteiger charge is -2.09. The first-order chi connectivity index (χ1) is 6.96. The lowest BCUT2D eigenvalue weighted by atomic mass is 10.1. The highest BCUT2D eigenvalue weighted by Gasteiger charge is 2.33. The van der Waals surface area contributed by atoms with E-state index in [9.17, 15) is 18.0 Å². The van der Waals surface area contributed by atoms with Crippen LogP contribution in [0.2, 0.25) is 5.02 Å². The van der Waals surface area contributed by atoms with E-state index >= 15 is 0 Å². The smallest absolute Gasteiger partial charge is 0.299 e. The summed E-state index contributed by atoms with van der Waals surface area (Å²) in [5.74, 6) is 0. The van der Waals surface area contributed by atoms with Crippen LogP contribution in [-0.2, 0) is 11.0 Å². The molecular weight excluding hydrogens is 229 g/mol. The van der Waals surface area contributed by atoms with Gasteiger partial charge in [0.05, 0.1) is 10.6 Å². The number of alkyl halides is 3. The van der Waals surface area contributed by atoms with Gasteiger partial charge in [0, 0.05) is 0 Å². The predicted molar refractivity (Wildman–Crippen MR) is 51.6 cm³/mol. The molecule has 1 rings (SSSR count). The predicted octanol–water partition coefficient (Wildman–Crippen LogP) is 3.57. The molecule has 0 heterocycles. The first kappa shape index (κ1) is 11.8. The van der Waals surface area contributed by atoms with Crippen molar-refractivity contribution in [2.75, 3.05) is 0 Å². The van der Waals surface area contributed by atoms with E-state index in [-0.39, 0.29) is 5.56 Å². The summed E-state index contributed by atoms with van der Waals surface area (Å²) in [6.07, 6.45) is -1.70. The minimum Gasteiger partial charge on any atom is -0.299 e. The van der Waals surface area contributed by atoms with Crippen LogP contribution in [0.1, 0.15) is 11.1 Å². The van der Waals surface area contributed by atoms with Gasteiger partial charge in [-0.1, -0.05) is 29.8 Å². The van der Waals surface area contributed by atoms with E-state index in [0.29, 0.717) is 6.29 Å². The molecule has 0 bridgehead atoms. The fourth-order valence-corrected chi connectivity index (χ4v) is 1.34. The van der Waals surface area contributed by atoms with Gasteiger partial charge in [-0.3, -0.25) is 4.79 Å². The number of benzene rings is 1. The molecule has 0 aliphatic rings. The monoisotopic (exact) mass is 234 g/mol. The minimum atomic E-state index is -4.48. The third-order valence-electron chi connectivity index (χ3n) is 1.69. The Labute approximate surface area is 89.2 Å². The van der Waals surface area contributed by atoms with Gasteiger partial charge in [0.15, 0.2) is 0 Å². The average molecular weight is 235 g/mol. The van der Waals surface area contributed by atoms with Crippen molar-refractivity contribution in [3.63, 3.8) is 0 Å². The zero-order valence-corrected chi connectivity index (χ0v) is 8.14. The summed E-state index contributed by atoms with van der Waals surface area (Å²) in [7, 11) is 0. The summed E-state index contributed by atoms with van der Waals surface area (Å²) in [6, 6.07) is 3.53. The van der Waals surface area contributed by atoms with Crippen molar-refractivity contribution in [3.05, 3.63) is 40.4 Å². The molecule has 0 aliphatic heterocycles. The molecule has 0 aliphatic carbocycles. The van der Waals surface area contributed by atoms with Crippen molar-refractivity contribution < 1.29 is 18.0 Å². The summed E-state index contributed by atoms with van der Waals surface area (Å²) < 4.78 is 37.1. The van der Waals surface area contributed by atoms with Crippen molar-refractivity contribution in [1.29, 1.82) is 0 Å². The van der Waals surface area contributed by atoms with Gasteiger partial charge in [-0.25, -0.2) is 0 Å². The summed E-state index contributed by atoms with van der Waals surface area (Å²) >= 11 is 5.54. The maximum Gasteiger partial charge on any atom is 0.417 e. The molecule has 0 amide bonds. The van der Waals surface area contributed by atoms with E-state index in [1.807, 2.05) is 0 Å². The van der Waals surface area contributed by atoms with Crippen molar-refractivity contribution in [3.8, 4) is 0 Å². The first-order valence-corrected chi connectivity index (χ1v) is 4.32. The van der Waals surface area contributed by atoms with Gasteiger partial charge in [0.1, 0.15) is 6.29 Å². The Hall–Kier alpha value is -1.29. The number of carbonyl (C=O) groups is 1. The molecular formula is C10H6ClF3O.